The molecule has 0 atom stereocenters. The van der Waals surface area contributed by atoms with E-state index in [4.69, 9.17) is 4.42 Å². The maximum atomic E-state index is 13.4. The second kappa shape index (κ2) is 7.87. The highest BCUT2D eigenvalue weighted by molar-refractivity contribution is 14.1. The van der Waals surface area contributed by atoms with Crippen molar-refractivity contribution in [2.45, 2.75) is 36.1 Å². The van der Waals surface area contributed by atoms with Crippen molar-refractivity contribution in [3.63, 3.8) is 0 Å². The van der Waals surface area contributed by atoms with Gasteiger partial charge in [0.1, 0.15) is 0 Å². The number of nitrogens with zero attached hydrogens (tertiary/aromatic N) is 2. The molecule has 0 saturated carbocycles. The number of aromatic nitrogens is 1. The molecule has 2 aromatic carbocycles. The van der Waals surface area contributed by atoms with Crippen LogP contribution in [0.5, 0.6) is 0 Å². The van der Waals surface area contributed by atoms with Crippen LogP contribution >= 0.6 is 22.6 Å². The van der Waals surface area contributed by atoms with Crippen LogP contribution in [0.4, 0.5) is 5.88 Å². The second-order valence-electron chi connectivity index (χ2n) is 7.00. The third-order valence-corrected chi connectivity index (χ3v) is 7.29. The van der Waals surface area contributed by atoms with E-state index in [0.29, 0.717) is 11.8 Å². The molecule has 1 aliphatic rings. The Morgan fingerprint density at radius 2 is 1.61 bits per heavy atom. The van der Waals surface area contributed by atoms with Crippen molar-refractivity contribution < 1.29 is 12.8 Å². The first-order chi connectivity index (χ1) is 13.4. The topological polar surface area (TPSA) is 63.4 Å². The Hall–Kier alpha value is -1.87. The van der Waals surface area contributed by atoms with Crippen LogP contribution in [0.2, 0.25) is 0 Å². The quantitative estimate of drug-likeness (QED) is 0.461. The van der Waals surface area contributed by atoms with Crippen LogP contribution in [-0.4, -0.2) is 26.5 Å². The fourth-order valence-electron chi connectivity index (χ4n) is 3.31. The smallest absolute Gasteiger partial charge is 0.236 e. The van der Waals surface area contributed by atoms with Gasteiger partial charge in [-0.25, -0.2) is 8.42 Å². The Balaban J connectivity index is 1.84. The molecule has 146 valence electrons. The van der Waals surface area contributed by atoms with Gasteiger partial charge >= 0.3 is 0 Å². The maximum absolute atomic E-state index is 13.4. The molecule has 0 unspecified atom stereocenters. The number of oxazole rings is 1. The highest BCUT2D eigenvalue weighted by Crippen LogP contribution is 2.36. The number of aryl methyl sites for hydroxylation is 1. The fraction of sp³-hybridized carbons (Fsp3) is 0.286. The average molecular weight is 508 g/mol. The predicted molar refractivity (Wildman–Crippen MR) is 117 cm³/mol. The fourth-order valence-corrected chi connectivity index (χ4v) is 5.00. The molecule has 0 amide bonds. The van der Waals surface area contributed by atoms with Gasteiger partial charge in [0.25, 0.3) is 0 Å². The van der Waals surface area contributed by atoms with Crippen LogP contribution in [0.15, 0.2) is 62.9 Å². The summed E-state index contributed by atoms with van der Waals surface area (Å²) in [6, 6.07) is 14.6. The van der Waals surface area contributed by atoms with Crippen LogP contribution in [0.3, 0.4) is 0 Å². The van der Waals surface area contributed by atoms with E-state index in [0.717, 1.165) is 47.0 Å². The lowest BCUT2D eigenvalue weighted by Crippen LogP contribution is -2.30. The molecule has 7 heteroatoms. The Labute approximate surface area is 178 Å². The van der Waals surface area contributed by atoms with Gasteiger partial charge in [-0.05, 0) is 85.2 Å². The van der Waals surface area contributed by atoms with Gasteiger partial charge in [0.15, 0.2) is 0 Å². The summed E-state index contributed by atoms with van der Waals surface area (Å²) in [4.78, 5) is 6.70. The number of sulfone groups is 1. The zero-order valence-electron chi connectivity index (χ0n) is 15.6. The van der Waals surface area contributed by atoms with Gasteiger partial charge in [0.2, 0.25) is 26.6 Å². The highest BCUT2D eigenvalue weighted by Gasteiger charge is 2.31. The van der Waals surface area contributed by atoms with E-state index < -0.39 is 9.84 Å². The second-order valence-corrected chi connectivity index (χ2v) is 10.1. The van der Waals surface area contributed by atoms with Crippen LogP contribution in [0, 0.1) is 10.5 Å². The minimum Gasteiger partial charge on any atom is -0.419 e. The van der Waals surface area contributed by atoms with Crippen LogP contribution in [0.25, 0.3) is 11.5 Å². The molecule has 3 aromatic rings. The molecule has 28 heavy (non-hydrogen) atoms. The number of halogens is 1. The zero-order chi connectivity index (χ0) is 19.7. The van der Waals surface area contributed by atoms with E-state index in [1.807, 2.05) is 36.1 Å². The number of hydrogen-bond acceptors (Lipinski definition) is 5. The van der Waals surface area contributed by atoms with E-state index in [9.17, 15) is 8.42 Å². The van der Waals surface area contributed by atoms with Gasteiger partial charge in [-0.15, -0.1) is 0 Å². The van der Waals surface area contributed by atoms with E-state index in [-0.39, 0.29) is 9.92 Å². The number of benzene rings is 2. The molecule has 0 spiro atoms. The lowest BCUT2D eigenvalue weighted by Gasteiger charge is -2.26. The summed E-state index contributed by atoms with van der Waals surface area (Å²) in [7, 11) is -3.78. The lowest BCUT2D eigenvalue weighted by atomic mass is 10.1. The predicted octanol–water partition coefficient (Wildman–Crippen LogP) is 5.08. The third kappa shape index (κ3) is 3.82. The molecule has 1 aliphatic heterocycles. The molecular weight excluding hydrogens is 487 g/mol. The van der Waals surface area contributed by atoms with Crippen molar-refractivity contribution in [3.8, 4) is 11.5 Å². The minimum atomic E-state index is -3.78. The van der Waals surface area contributed by atoms with Crippen molar-refractivity contribution in [2.24, 2.45) is 0 Å². The summed E-state index contributed by atoms with van der Waals surface area (Å²) in [5, 5.41) is 0.00630. The van der Waals surface area contributed by atoms with Crippen molar-refractivity contribution in [2.75, 3.05) is 18.0 Å². The molecule has 0 aliphatic carbocycles. The van der Waals surface area contributed by atoms with E-state index in [2.05, 4.69) is 27.6 Å². The molecule has 1 aromatic heterocycles. The minimum absolute atomic E-state index is 0.00630. The zero-order valence-corrected chi connectivity index (χ0v) is 18.5. The number of piperidine rings is 1. The van der Waals surface area contributed by atoms with Gasteiger partial charge in [0, 0.05) is 22.2 Å². The van der Waals surface area contributed by atoms with Crippen molar-refractivity contribution >= 4 is 38.3 Å². The lowest BCUT2D eigenvalue weighted by molar-refractivity contribution is 0.499. The SMILES string of the molecule is Cc1ccc(S(=O)(=O)c2nc(-c3ccc(I)cc3)oc2N2CCCCC2)cc1. The van der Waals surface area contributed by atoms with Crippen LogP contribution < -0.4 is 4.90 Å². The monoisotopic (exact) mass is 508 g/mol. The van der Waals surface area contributed by atoms with E-state index >= 15 is 0 Å². The van der Waals surface area contributed by atoms with Gasteiger partial charge in [0.05, 0.1) is 4.90 Å². The van der Waals surface area contributed by atoms with E-state index in [1.54, 1.807) is 24.3 Å². The molecule has 5 nitrogen and oxygen atoms in total. The maximum Gasteiger partial charge on any atom is 0.236 e. The summed E-state index contributed by atoms with van der Waals surface area (Å²) in [5.74, 6) is 0.691. The van der Waals surface area contributed by atoms with Gasteiger partial charge in [-0.3, -0.25) is 0 Å². The van der Waals surface area contributed by atoms with E-state index in [1.165, 1.54) is 0 Å². The Morgan fingerprint density at radius 1 is 0.964 bits per heavy atom. The standard InChI is InChI=1S/C21H21IN2O3S/c1-15-5-11-18(12-6-15)28(25,26)20-21(24-13-3-2-4-14-24)27-19(23-20)16-7-9-17(22)10-8-16/h5-12H,2-4,13-14H2,1H3. The molecule has 0 bridgehead atoms. The summed E-state index contributed by atoms with van der Waals surface area (Å²) in [6.45, 7) is 3.48. The van der Waals surface area contributed by atoms with Gasteiger partial charge in [-0.1, -0.05) is 17.7 Å². The molecule has 1 fully saturated rings. The first-order valence-electron chi connectivity index (χ1n) is 9.28. The summed E-state index contributed by atoms with van der Waals surface area (Å²) >= 11 is 2.23. The largest absolute Gasteiger partial charge is 0.419 e. The number of hydrogen-bond donors (Lipinski definition) is 0. The number of anilines is 1. The number of rotatable bonds is 4. The Kier molecular flexibility index (Phi) is 5.46. The molecule has 2 heterocycles. The molecule has 4 rings (SSSR count). The molecule has 0 N–H and O–H groups in total. The van der Waals surface area contributed by atoms with Crippen LogP contribution in [0.1, 0.15) is 24.8 Å². The molecular formula is C21H21IN2O3S. The van der Waals surface area contributed by atoms with Crippen LogP contribution in [-0.2, 0) is 9.84 Å². The van der Waals surface area contributed by atoms with Crippen molar-refractivity contribution in [3.05, 3.63) is 57.7 Å². The highest BCUT2D eigenvalue weighted by atomic mass is 127. The summed E-state index contributed by atoms with van der Waals surface area (Å²) < 4.78 is 33.9. The van der Waals surface area contributed by atoms with Gasteiger partial charge in [-0.2, -0.15) is 4.98 Å². The Morgan fingerprint density at radius 3 is 2.25 bits per heavy atom. The third-order valence-electron chi connectivity index (χ3n) is 4.90. The van der Waals surface area contributed by atoms with Gasteiger partial charge < -0.3 is 9.32 Å². The first kappa shape index (κ1) is 19.4. The molecule has 1 saturated heterocycles. The summed E-state index contributed by atoms with van der Waals surface area (Å²) in [6.07, 6.45) is 3.18. The first-order valence-corrected chi connectivity index (χ1v) is 11.8. The summed E-state index contributed by atoms with van der Waals surface area (Å²) in [5.41, 5.74) is 1.78. The normalized spacial score (nSPS) is 15.0. The average Bonchev–Trinajstić information content (AvgIpc) is 3.16. The molecule has 0 radical (unpaired) electrons. The Bertz CT molecular complexity index is 1070. The van der Waals surface area contributed by atoms with Crippen molar-refractivity contribution in [1.82, 2.24) is 4.98 Å². The van der Waals surface area contributed by atoms with Crippen molar-refractivity contribution in [1.29, 1.82) is 0 Å².